The number of halogens is 1. The molecule has 0 radical (unpaired) electrons. The van der Waals surface area contributed by atoms with Crippen molar-refractivity contribution in [3.05, 3.63) is 62.9 Å². The molecular formula is C21H23BrN4O. The smallest absolute Gasteiger partial charge is 0.282 e. The van der Waals surface area contributed by atoms with Crippen molar-refractivity contribution in [1.29, 1.82) is 0 Å². The van der Waals surface area contributed by atoms with E-state index < -0.39 is 0 Å². The van der Waals surface area contributed by atoms with Crippen molar-refractivity contribution in [3.63, 3.8) is 0 Å². The number of hydrogen-bond donors (Lipinski definition) is 0. The lowest BCUT2D eigenvalue weighted by Crippen LogP contribution is -2.25. The van der Waals surface area contributed by atoms with E-state index in [1.165, 1.54) is 23.9 Å². The summed E-state index contributed by atoms with van der Waals surface area (Å²) in [5.41, 5.74) is 1.62. The van der Waals surface area contributed by atoms with Gasteiger partial charge in [-0.15, -0.1) is 0 Å². The van der Waals surface area contributed by atoms with Gasteiger partial charge in [-0.25, -0.2) is 4.98 Å². The topological polar surface area (TPSA) is 52.2 Å². The van der Waals surface area contributed by atoms with E-state index in [4.69, 9.17) is 4.98 Å². The number of hydrogen-bond acceptors (Lipinski definition) is 3. The summed E-state index contributed by atoms with van der Waals surface area (Å²) < 4.78 is 4.49. The fourth-order valence-corrected chi connectivity index (χ4v) is 4.21. The molecule has 0 atom stereocenters. The van der Waals surface area contributed by atoms with Crippen LogP contribution >= 0.6 is 15.9 Å². The second-order valence-electron chi connectivity index (χ2n) is 7.05. The first-order valence-electron chi connectivity index (χ1n) is 9.59. The number of rotatable bonds is 4. The van der Waals surface area contributed by atoms with Crippen molar-refractivity contribution in [2.45, 2.75) is 51.5 Å². The quantitative estimate of drug-likeness (QED) is 0.556. The molecule has 0 saturated heterocycles. The van der Waals surface area contributed by atoms with Crippen molar-refractivity contribution < 1.29 is 0 Å². The van der Waals surface area contributed by atoms with Crippen LogP contribution in [0.5, 0.6) is 0 Å². The number of fused-ring (bicyclic) bond motifs is 1. The standard InChI is InChI=1S/C21H23BrN4O/c1-2-25-12-6-9-17(25)14-23-26-20(15-7-4-3-5-8-15)24-19-11-10-16(22)13-18(19)21(26)27/h6,9-15H,2-5,7-8H2,1H3. The van der Waals surface area contributed by atoms with Crippen LogP contribution in [0.25, 0.3) is 10.9 Å². The third-order valence-electron chi connectivity index (χ3n) is 5.31. The maximum absolute atomic E-state index is 13.2. The molecule has 1 aliphatic rings. The van der Waals surface area contributed by atoms with Crippen LogP contribution in [0.4, 0.5) is 0 Å². The Morgan fingerprint density at radius 2 is 2.07 bits per heavy atom. The maximum atomic E-state index is 13.2. The molecule has 0 bridgehead atoms. The van der Waals surface area contributed by atoms with Crippen molar-refractivity contribution >= 4 is 33.0 Å². The van der Waals surface area contributed by atoms with Crippen molar-refractivity contribution in [2.75, 3.05) is 0 Å². The molecule has 1 aromatic carbocycles. The van der Waals surface area contributed by atoms with Crippen molar-refractivity contribution in [3.8, 4) is 0 Å². The fraction of sp³-hybridized carbons (Fsp3) is 0.381. The molecule has 0 unspecified atom stereocenters. The average molecular weight is 427 g/mol. The fourth-order valence-electron chi connectivity index (χ4n) is 3.85. The van der Waals surface area contributed by atoms with Gasteiger partial charge in [-0.2, -0.15) is 9.78 Å². The van der Waals surface area contributed by atoms with E-state index >= 15 is 0 Å². The Kier molecular flexibility index (Phi) is 5.25. The lowest BCUT2D eigenvalue weighted by molar-refractivity contribution is 0.416. The van der Waals surface area contributed by atoms with Crippen LogP contribution in [0.1, 0.15) is 56.5 Å². The molecule has 3 aromatic rings. The van der Waals surface area contributed by atoms with Crippen LogP contribution in [0.2, 0.25) is 0 Å². The zero-order chi connectivity index (χ0) is 18.8. The molecule has 6 heteroatoms. The number of benzene rings is 1. The second-order valence-corrected chi connectivity index (χ2v) is 7.96. The monoisotopic (exact) mass is 426 g/mol. The Bertz CT molecular complexity index is 1040. The molecule has 0 amide bonds. The van der Waals surface area contributed by atoms with E-state index in [1.807, 2.05) is 36.5 Å². The van der Waals surface area contributed by atoms with Gasteiger partial charge < -0.3 is 4.57 Å². The minimum Gasteiger partial charge on any atom is -0.347 e. The van der Waals surface area contributed by atoms with Gasteiger partial charge in [0.25, 0.3) is 5.56 Å². The molecule has 2 aromatic heterocycles. The Labute approximate surface area is 166 Å². The van der Waals surface area contributed by atoms with Crippen LogP contribution in [-0.2, 0) is 6.54 Å². The van der Waals surface area contributed by atoms with Crippen LogP contribution in [0.3, 0.4) is 0 Å². The largest absolute Gasteiger partial charge is 0.347 e. The van der Waals surface area contributed by atoms with Gasteiger partial charge in [0.2, 0.25) is 0 Å². The highest BCUT2D eigenvalue weighted by Gasteiger charge is 2.22. The van der Waals surface area contributed by atoms with Crippen LogP contribution < -0.4 is 5.56 Å². The molecule has 1 aliphatic carbocycles. The van der Waals surface area contributed by atoms with Gasteiger partial charge >= 0.3 is 0 Å². The summed E-state index contributed by atoms with van der Waals surface area (Å²) >= 11 is 3.46. The number of nitrogens with zero attached hydrogens (tertiary/aromatic N) is 4. The van der Waals surface area contributed by atoms with Gasteiger partial charge in [-0.05, 0) is 50.1 Å². The zero-order valence-electron chi connectivity index (χ0n) is 15.4. The zero-order valence-corrected chi connectivity index (χ0v) is 17.0. The Hall–Kier alpha value is -2.21. The molecule has 4 rings (SSSR count). The molecule has 27 heavy (non-hydrogen) atoms. The van der Waals surface area contributed by atoms with Crippen LogP contribution in [0.15, 0.2) is 50.9 Å². The van der Waals surface area contributed by atoms with Gasteiger partial charge in [0.1, 0.15) is 5.82 Å². The molecule has 0 N–H and O–H groups in total. The first-order chi connectivity index (χ1) is 13.2. The van der Waals surface area contributed by atoms with Crippen molar-refractivity contribution in [1.82, 2.24) is 14.2 Å². The molecule has 140 valence electrons. The number of aromatic nitrogens is 3. The lowest BCUT2D eigenvalue weighted by Gasteiger charge is -2.22. The van der Waals surface area contributed by atoms with Gasteiger partial charge in [-0.1, -0.05) is 35.2 Å². The van der Waals surface area contributed by atoms with Crippen LogP contribution in [0, 0.1) is 0 Å². The summed E-state index contributed by atoms with van der Waals surface area (Å²) in [7, 11) is 0. The van der Waals surface area contributed by atoms with E-state index in [1.54, 1.807) is 6.21 Å². The first kappa shape index (κ1) is 18.2. The van der Waals surface area contributed by atoms with Gasteiger partial charge in [0.15, 0.2) is 0 Å². The molecular weight excluding hydrogens is 404 g/mol. The number of aryl methyl sites for hydroxylation is 1. The molecule has 5 nitrogen and oxygen atoms in total. The Morgan fingerprint density at radius 3 is 2.85 bits per heavy atom. The summed E-state index contributed by atoms with van der Waals surface area (Å²) in [6.07, 6.45) is 9.53. The second kappa shape index (κ2) is 7.80. The molecule has 0 aliphatic heterocycles. The molecule has 0 spiro atoms. The van der Waals surface area contributed by atoms with Crippen molar-refractivity contribution in [2.24, 2.45) is 5.10 Å². The maximum Gasteiger partial charge on any atom is 0.282 e. The molecule has 2 heterocycles. The van der Waals surface area contributed by atoms with E-state index in [9.17, 15) is 4.79 Å². The minimum absolute atomic E-state index is 0.104. The SMILES string of the molecule is CCn1cccc1C=Nn1c(C2CCCCC2)nc2ccc(Br)cc2c1=O. The Balaban J connectivity index is 1.87. The van der Waals surface area contributed by atoms with E-state index in [0.29, 0.717) is 5.39 Å². The van der Waals surface area contributed by atoms with Gasteiger partial charge in [-0.3, -0.25) is 4.79 Å². The summed E-state index contributed by atoms with van der Waals surface area (Å²) in [4.78, 5) is 18.1. The lowest BCUT2D eigenvalue weighted by atomic mass is 9.88. The van der Waals surface area contributed by atoms with Gasteiger partial charge in [0.05, 0.1) is 22.8 Å². The highest BCUT2D eigenvalue weighted by molar-refractivity contribution is 9.10. The Morgan fingerprint density at radius 1 is 1.26 bits per heavy atom. The predicted molar refractivity (Wildman–Crippen MR) is 113 cm³/mol. The average Bonchev–Trinajstić information content (AvgIpc) is 3.16. The van der Waals surface area contributed by atoms with E-state index in [2.05, 4.69) is 32.5 Å². The minimum atomic E-state index is -0.104. The molecule has 1 saturated carbocycles. The highest BCUT2D eigenvalue weighted by Crippen LogP contribution is 2.32. The first-order valence-corrected chi connectivity index (χ1v) is 10.4. The summed E-state index contributed by atoms with van der Waals surface area (Å²) in [5, 5.41) is 5.18. The molecule has 1 fully saturated rings. The predicted octanol–water partition coefficient (Wildman–Crippen LogP) is 4.91. The summed E-state index contributed by atoms with van der Waals surface area (Å²) in [6, 6.07) is 9.66. The van der Waals surface area contributed by atoms with Gasteiger partial charge in [0, 0.05) is 23.1 Å². The summed E-state index contributed by atoms with van der Waals surface area (Å²) in [5.74, 6) is 1.08. The van der Waals surface area contributed by atoms with E-state index in [0.717, 1.165) is 40.9 Å². The third-order valence-corrected chi connectivity index (χ3v) is 5.81. The normalized spacial score (nSPS) is 15.8. The summed E-state index contributed by atoms with van der Waals surface area (Å²) in [6.45, 7) is 2.95. The van der Waals surface area contributed by atoms with Crippen LogP contribution in [-0.4, -0.2) is 20.4 Å². The highest BCUT2D eigenvalue weighted by atomic mass is 79.9. The van der Waals surface area contributed by atoms with E-state index in [-0.39, 0.29) is 11.5 Å². The third kappa shape index (κ3) is 3.63.